The minimum atomic E-state index is -5.16. The van der Waals surface area contributed by atoms with Gasteiger partial charge in [-0.2, -0.15) is 8.42 Å². The predicted molar refractivity (Wildman–Crippen MR) is 360 cm³/mol. The molecule has 0 aromatic heterocycles. The monoisotopic (exact) mass is 1440 g/mol. The van der Waals surface area contributed by atoms with E-state index in [0.717, 1.165) is 6.08 Å². The van der Waals surface area contributed by atoms with Crippen LogP contribution in [0, 0.1) is 47.3 Å². The van der Waals surface area contributed by atoms with Gasteiger partial charge in [0.25, 0.3) is 15.9 Å². The summed E-state index contributed by atoms with van der Waals surface area (Å²) in [5.41, 5.74) is 0.834. The first-order valence-electron chi connectivity index (χ1n) is 35.6. The molecule has 0 saturated carbocycles. The standard InChI is InChI=1S/C72H114O27S/c1-13-55(95-59-33-56(67(93-12)43(11)94-59)96-71(88)41(9)64(85)44-23-24-50-51(27-44)54(79)26-37(5)60(50)81)38(6)62(83)39(7)63(84)40(8)65-42(10)66-68(98-66)52(77)19-15-18-45(73)28-47(75)29-48(76)30-49-32-57(100(90,91)92)69(86)72(89,99-49)70(87)61(82)36(4)21-20-34(2)16-14-17-46(74)31-53(78)35(3)22-25-58(80)97-65/h22-27,34-36,38-43,45-49,52-53,55-57,59,61-69,73-78,82-86,89H,13-21,28-33H2,1-12H3,(H,90,91,92)/t34-,35+,36-,38+,39-,40+,41-,42-,43-,45+,46-,47+,48-,49-,52?,53-,55+,56-,57+,59+,61+,62+,63+,64+,65-,66+,67-,68+,69-,72-/m1/s1. The number of ketones is 3. The highest BCUT2D eigenvalue weighted by Crippen LogP contribution is 2.42. The maximum Gasteiger partial charge on any atom is 0.330 e. The van der Waals surface area contributed by atoms with E-state index in [4.69, 9.17) is 33.2 Å². The zero-order valence-corrected chi connectivity index (χ0v) is 60.6. The van der Waals surface area contributed by atoms with Crippen molar-refractivity contribution in [2.45, 2.75) is 306 Å². The second-order valence-corrected chi connectivity index (χ2v) is 31.3. The van der Waals surface area contributed by atoms with Crippen LogP contribution >= 0.6 is 0 Å². The molecule has 1 aromatic carbocycles. The summed E-state index contributed by atoms with van der Waals surface area (Å²) in [5, 5.41) is 134. The maximum absolute atomic E-state index is 13.9. The minimum Gasteiger partial charge on any atom is -0.459 e. The lowest BCUT2D eigenvalue weighted by molar-refractivity contribution is -0.287. The molecule has 0 radical (unpaired) electrons. The molecule has 4 heterocycles. The van der Waals surface area contributed by atoms with E-state index < -0.39 is 228 Å². The zero-order valence-electron chi connectivity index (χ0n) is 59.8. The van der Waals surface area contributed by atoms with E-state index in [2.05, 4.69) is 0 Å². The molecule has 30 atom stereocenters. The molecule has 1 aromatic rings. The largest absolute Gasteiger partial charge is 0.459 e. The van der Waals surface area contributed by atoms with Gasteiger partial charge in [0.2, 0.25) is 5.78 Å². The van der Waals surface area contributed by atoms with Gasteiger partial charge in [0.05, 0.1) is 85.3 Å². The van der Waals surface area contributed by atoms with E-state index in [1.54, 1.807) is 48.5 Å². The number of aliphatic hydroxyl groups is 12. The summed E-state index contributed by atoms with van der Waals surface area (Å²) < 4.78 is 77.4. The van der Waals surface area contributed by atoms with Crippen LogP contribution in [0.25, 0.3) is 0 Å². The van der Waals surface area contributed by atoms with Gasteiger partial charge in [0, 0.05) is 65.9 Å². The summed E-state index contributed by atoms with van der Waals surface area (Å²) in [7, 11) is -3.73. The Morgan fingerprint density at radius 1 is 0.730 bits per heavy atom. The number of carbonyl (C=O) groups is 5. The van der Waals surface area contributed by atoms with Gasteiger partial charge in [-0.05, 0) is 127 Å². The number of allylic oxidation sites excluding steroid dienone is 2. The van der Waals surface area contributed by atoms with Gasteiger partial charge in [0.1, 0.15) is 41.9 Å². The maximum atomic E-state index is 13.9. The van der Waals surface area contributed by atoms with Crippen LogP contribution in [0.15, 0.2) is 42.0 Å². The number of aliphatic hydroxyl groups excluding tert-OH is 11. The Morgan fingerprint density at radius 3 is 2.00 bits per heavy atom. The number of benzene rings is 1. The van der Waals surface area contributed by atoms with Crippen molar-refractivity contribution in [1.29, 1.82) is 0 Å². The van der Waals surface area contributed by atoms with E-state index >= 15 is 0 Å². The van der Waals surface area contributed by atoms with E-state index in [1.165, 1.54) is 51.3 Å². The number of rotatable bonds is 15. The number of methoxy groups -OCH3 is 1. The number of carbonyl (C=O) groups excluding carboxylic acids is 5. The van der Waals surface area contributed by atoms with Crippen molar-refractivity contribution in [2.75, 3.05) is 7.11 Å². The topological polar surface area (TPSA) is 450 Å². The van der Waals surface area contributed by atoms with Crippen molar-refractivity contribution in [1.82, 2.24) is 0 Å². The van der Waals surface area contributed by atoms with Gasteiger partial charge in [0.15, 0.2) is 17.9 Å². The fourth-order valence-corrected chi connectivity index (χ4v) is 15.8. The SMILES string of the molecule is CC[C@H](O[C@H]1C[C@@H](OC(=O)[C@H](C)[C@H](O)c2ccc3c(c2)C(=O)C=C(C)C3=O)[C@H](OC)[C@@H](C)O1)[C@H](C)[C@H](O)[C@@H](C)[C@H](O)[C@H](C)[C@H]1OC(=O)C=C[C@H](C)[C@H](O)C[C@H](O)CCC[C@@H](C)CC[C@@H](C)[C@H](O)C(=O)[C@]2(O)O[C@H](C[C@H](O)C[C@@H](O)C[C@@H](O)CCCC(O)[C@@H]3O[C@H]3[C@@H]1C)C[C@H](S(=O)(=O)O)[C@H]2O. The summed E-state index contributed by atoms with van der Waals surface area (Å²) in [6.45, 7) is 18.4. The first-order valence-corrected chi connectivity index (χ1v) is 37.1. The van der Waals surface area contributed by atoms with Crippen LogP contribution in [0.3, 0.4) is 0 Å². The Hall–Kier alpha value is -4.12. The summed E-state index contributed by atoms with van der Waals surface area (Å²) in [5.74, 6) is -13.0. The molecule has 570 valence electrons. The number of fused-ring (bicyclic) bond motifs is 4. The Labute approximate surface area is 587 Å². The molecular formula is C72H114O27S. The van der Waals surface area contributed by atoms with Crippen molar-refractivity contribution in [3.63, 3.8) is 0 Å². The average Bonchev–Trinajstić information content (AvgIpc) is 0.796. The molecule has 0 spiro atoms. The number of esters is 2. The number of ether oxygens (including phenoxy) is 7. The second kappa shape index (κ2) is 37.2. The molecule has 13 N–H and O–H groups in total. The molecule has 3 fully saturated rings. The number of epoxide rings is 1. The lowest BCUT2D eigenvalue weighted by Gasteiger charge is -2.44. The van der Waals surface area contributed by atoms with Gasteiger partial charge in [-0.3, -0.25) is 23.7 Å². The van der Waals surface area contributed by atoms with E-state index in [9.17, 15) is 98.2 Å². The normalized spacial score (nSPS) is 38.2. The molecule has 0 amide bonds. The number of hydrogen-bond donors (Lipinski definition) is 13. The molecule has 6 rings (SSSR count). The van der Waals surface area contributed by atoms with Gasteiger partial charge in [-0.25, -0.2) is 4.79 Å². The third-order valence-corrected chi connectivity index (χ3v) is 22.8. The Morgan fingerprint density at radius 2 is 1.36 bits per heavy atom. The van der Waals surface area contributed by atoms with Crippen LogP contribution in [-0.2, 0) is 57.7 Å². The van der Waals surface area contributed by atoms with E-state index in [1.807, 2.05) is 13.8 Å². The molecule has 1 unspecified atom stereocenters. The van der Waals surface area contributed by atoms with Crippen molar-refractivity contribution in [3.05, 3.63) is 58.7 Å². The van der Waals surface area contributed by atoms with Gasteiger partial charge >= 0.3 is 11.9 Å². The molecule has 5 aliphatic rings. The number of cyclic esters (lactones) is 1. The average molecular weight is 1440 g/mol. The summed E-state index contributed by atoms with van der Waals surface area (Å²) in [6.07, 6.45) is -19.4. The number of Topliss-reactive ketones (excluding diaryl/α,β-unsaturated/α-hetero) is 2. The van der Waals surface area contributed by atoms with E-state index in [0.29, 0.717) is 25.7 Å². The van der Waals surface area contributed by atoms with Crippen molar-refractivity contribution in [2.24, 2.45) is 47.3 Å². The van der Waals surface area contributed by atoms with E-state index in [-0.39, 0.29) is 85.3 Å². The smallest absolute Gasteiger partial charge is 0.330 e. The fraction of sp³-hybridized carbons (Fsp3) is 0.792. The third kappa shape index (κ3) is 22.0. The second-order valence-electron chi connectivity index (χ2n) is 29.6. The van der Waals surface area contributed by atoms with Crippen LogP contribution in [0.5, 0.6) is 0 Å². The summed E-state index contributed by atoms with van der Waals surface area (Å²) in [4.78, 5) is 67.0. The van der Waals surface area contributed by atoms with Crippen molar-refractivity contribution >= 4 is 39.4 Å². The highest BCUT2D eigenvalue weighted by molar-refractivity contribution is 7.86. The molecule has 27 nitrogen and oxygen atoms in total. The van der Waals surface area contributed by atoms with Crippen LogP contribution in [0.1, 0.15) is 205 Å². The molecule has 1 aliphatic carbocycles. The fourth-order valence-electron chi connectivity index (χ4n) is 14.8. The highest BCUT2D eigenvalue weighted by atomic mass is 32.2. The molecule has 2 bridgehead atoms. The van der Waals surface area contributed by atoms with Crippen LogP contribution < -0.4 is 0 Å². The minimum absolute atomic E-state index is 0.0165. The first kappa shape index (κ1) is 84.8. The van der Waals surface area contributed by atoms with Gasteiger partial charge < -0.3 is 94.4 Å². The Balaban J connectivity index is 1.13. The van der Waals surface area contributed by atoms with Crippen LogP contribution in [-0.4, -0.2) is 238 Å². The Bertz CT molecular complexity index is 3030. The molecule has 3 saturated heterocycles. The third-order valence-electron chi connectivity index (χ3n) is 21.6. The summed E-state index contributed by atoms with van der Waals surface area (Å²) in [6, 6.07) is 4.33. The lowest BCUT2D eigenvalue weighted by Crippen LogP contribution is -2.66. The predicted octanol–water partition coefficient (Wildman–Crippen LogP) is 3.83. The molecule has 4 aliphatic heterocycles. The zero-order chi connectivity index (χ0) is 74.7. The quantitative estimate of drug-likeness (QED) is 0.0674. The van der Waals surface area contributed by atoms with Crippen molar-refractivity contribution < 1.29 is 131 Å². The van der Waals surface area contributed by atoms with Crippen molar-refractivity contribution in [3.8, 4) is 0 Å². The van der Waals surface area contributed by atoms with Crippen LogP contribution in [0.2, 0.25) is 0 Å². The first-order chi connectivity index (χ1) is 46.7. The van der Waals surface area contributed by atoms with Gasteiger partial charge in [-0.1, -0.05) is 86.8 Å². The molecule has 100 heavy (non-hydrogen) atoms. The molecule has 28 heteroatoms. The lowest BCUT2D eigenvalue weighted by atomic mass is 9.77. The summed E-state index contributed by atoms with van der Waals surface area (Å²) >= 11 is 0. The van der Waals surface area contributed by atoms with Crippen LogP contribution in [0.4, 0.5) is 0 Å². The molecular weight excluding hydrogens is 1330 g/mol. The van der Waals surface area contributed by atoms with Gasteiger partial charge in [-0.15, -0.1) is 0 Å². The Kier molecular flexibility index (Phi) is 31.6. The number of hydrogen-bond acceptors (Lipinski definition) is 26. The highest BCUT2D eigenvalue weighted by Gasteiger charge is 2.59.